The second-order valence-corrected chi connectivity index (χ2v) is 8.74. The number of nitrogens with one attached hydrogen (secondary N) is 1. The van der Waals surface area contributed by atoms with E-state index < -0.39 is 26.6 Å². The van der Waals surface area contributed by atoms with E-state index in [2.05, 4.69) is 0 Å². The molecular weight excluding hydrogens is 364 g/mol. The van der Waals surface area contributed by atoms with Crippen LogP contribution in [0.5, 0.6) is 0 Å². The monoisotopic (exact) mass is 388 g/mol. The molecule has 2 heterocycles. The Kier molecular flexibility index (Phi) is 5.59. The third kappa shape index (κ3) is 3.60. The van der Waals surface area contributed by atoms with Crippen molar-refractivity contribution in [3.05, 3.63) is 29.8 Å². The first-order valence-electron chi connectivity index (χ1n) is 8.90. The van der Waals surface area contributed by atoms with Crippen LogP contribution in [0.15, 0.2) is 23.1 Å². The number of quaternary nitrogens is 1. The van der Waals surface area contributed by atoms with Gasteiger partial charge in [0.1, 0.15) is 11.6 Å². The largest absolute Gasteiger partial charge is 0.338 e. The maximum Gasteiger partial charge on any atom is 0.280 e. The fourth-order valence-corrected chi connectivity index (χ4v) is 5.24. The number of benzene rings is 1. The van der Waals surface area contributed by atoms with Crippen molar-refractivity contribution in [3.8, 4) is 0 Å². The van der Waals surface area contributed by atoms with Crippen LogP contribution in [-0.2, 0) is 14.8 Å². The van der Waals surface area contributed by atoms with Crippen LogP contribution in [0.4, 0.5) is 8.78 Å². The highest BCUT2D eigenvalue weighted by Gasteiger charge is 2.38. The predicted octanol–water partition coefficient (Wildman–Crippen LogP) is -0.135. The van der Waals surface area contributed by atoms with Crippen molar-refractivity contribution in [2.24, 2.45) is 0 Å². The summed E-state index contributed by atoms with van der Waals surface area (Å²) in [7, 11) is -4.23. The van der Waals surface area contributed by atoms with E-state index in [1.165, 1.54) is 0 Å². The molecule has 9 heteroatoms. The molecule has 0 bridgehead atoms. The zero-order valence-electron chi connectivity index (χ0n) is 14.7. The Labute approximate surface area is 152 Å². The van der Waals surface area contributed by atoms with Crippen LogP contribution in [0.1, 0.15) is 19.8 Å². The lowest BCUT2D eigenvalue weighted by atomic mass is 10.2. The number of carbonyl (C=O) groups excluding carboxylic acids is 1. The fourth-order valence-electron chi connectivity index (χ4n) is 3.69. The lowest BCUT2D eigenvalue weighted by molar-refractivity contribution is -0.918. The highest BCUT2D eigenvalue weighted by molar-refractivity contribution is 7.89. The molecule has 3 rings (SSSR count). The third-order valence-electron chi connectivity index (χ3n) is 5.28. The summed E-state index contributed by atoms with van der Waals surface area (Å²) >= 11 is 0. The number of sulfonamides is 1. The predicted molar refractivity (Wildman–Crippen MR) is 91.1 cm³/mol. The molecule has 0 aliphatic carbocycles. The zero-order chi connectivity index (χ0) is 18.9. The summed E-state index contributed by atoms with van der Waals surface area (Å²) < 4.78 is 54.1. The van der Waals surface area contributed by atoms with Gasteiger partial charge < -0.3 is 9.80 Å². The zero-order valence-corrected chi connectivity index (χ0v) is 15.6. The first-order valence-corrected chi connectivity index (χ1v) is 10.3. The SMILES string of the molecule is C[C@H](C(=O)N1CCCC1)[NH+]1CCN(S(=O)(=O)c2c(F)cccc2F)CC1. The van der Waals surface area contributed by atoms with E-state index in [0.29, 0.717) is 13.1 Å². The molecule has 1 atom stereocenters. The smallest absolute Gasteiger partial charge is 0.280 e. The van der Waals surface area contributed by atoms with Crippen LogP contribution >= 0.6 is 0 Å². The Hall–Kier alpha value is -1.58. The summed E-state index contributed by atoms with van der Waals surface area (Å²) in [6, 6.07) is 2.77. The Bertz CT molecular complexity index is 753. The molecule has 0 unspecified atom stereocenters. The van der Waals surface area contributed by atoms with Gasteiger partial charge in [0.2, 0.25) is 10.0 Å². The van der Waals surface area contributed by atoms with E-state index in [4.69, 9.17) is 0 Å². The summed E-state index contributed by atoms with van der Waals surface area (Å²) in [5, 5.41) is 0. The topological polar surface area (TPSA) is 62.1 Å². The number of likely N-dealkylation sites (tertiary alicyclic amines) is 1. The van der Waals surface area contributed by atoms with Gasteiger partial charge in [-0.05, 0) is 31.9 Å². The number of halogens is 2. The molecule has 144 valence electrons. The number of rotatable bonds is 4. The summed E-state index contributed by atoms with van der Waals surface area (Å²) in [5.41, 5.74) is 0. The van der Waals surface area contributed by atoms with E-state index in [9.17, 15) is 22.0 Å². The van der Waals surface area contributed by atoms with Gasteiger partial charge in [-0.15, -0.1) is 0 Å². The molecule has 0 saturated carbocycles. The normalized spacial score (nSPS) is 21.1. The quantitative estimate of drug-likeness (QED) is 0.782. The Morgan fingerprint density at radius 2 is 1.62 bits per heavy atom. The van der Waals surface area contributed by atoms with Gasteiger partial charge in [0.05, 0.1) is 26.2 Å². The minimum atomic E-state index is -4.23. The van der Waals surface area contributed by atoms with Crippen molar-refractivity contribution in [1.82, 2.24) is 9.21 Å². The Morgan fingerprint density at radius 1 is 1.08 bits per heavy atom. The molecule has 1 aromatic rings. The van der Waals surface area contributed by atoms with Gasteiger partial charge in [-0.2, -0.15) is 4.31 Å². The van der Waals surface area contributed by atoms with Crippen LogP contribution in [0.3, 0.4) is 0 Å². The van der Waals surface area contributed by atoms with Crippen LogP contribution < -0.4 is 4.90 Å². The molecule has 6 nitrogen and oxygen atoms in total. The van der Waals surface area contributed by atoms with Crippen LogP contribution in [0, 0.1) is 11.6 Å². The molecule has 2 saturated heterocycles. The van der Waals surface area contributed by atoms with Crippen LogP contribution in [-0.4, -0.2) is 68.8 Å². The summed E-state index contributed by atoms with van der Waals surface area (Å²) in [6.45, 7) is 4.53. The molecular formula is C17H24F2N3O3S+. The molecule has 0 radical (unpaired) electrons. The van der Waals surface area contributed by atoms with E-state index in [1.54, 1.807) is 0 Å². The number of carbonyl (C=O) groups is 1. The lowest BCUT2D eigenvalue weighted by Gasteiger charge is -2.35. The summed E-state index contributed by atoms with van der Waals surface area (Å²) in [6.07, 6.45) is 2.04. The van der Waals surface area contributed by atoms with Crippen molar-refractivity contribution in [2.45, 2.75) is 30.7 Å². The Balaban J connectivity index is 1.67. The third-order valence-corrected chi connectivity index (χ3v) is 7.23. The highest BCUT2D eigenvalue weighted by Crippen LogP contribution is 2.22. The van der Waals surface area contributed by atoms with Crippen molar-refractivity contribution in [3.63, 3.8) is 0 Å². The van der Waals surface area contributed by atoms with E-state index in [-0.39, 0.29) is 25.0 Å². The summed E-state index contributed by atoms with van der Waals surface area (Å²) in [4.78, 5) is 14.5. The molecule has 1 amide bonds. The van der Waals surface area contributed by atoms with Crippen LogP contribution in [0.25, 0.3) is 0 Å². The molecule has 2 aliphatic heterocycles. The highest BCUT2D eigenvalue weighted by atomic mass is 32.2. The second kappa shape index (κ2) is 7.58. The van der Waals surface area contributed by atoms with E-state index >= 15 is 0 Å². The minimum absolute atomic E-state index is 0.0916. The van der Waals surface area contributed by atoms with E-state index in [1.807, 2.05) is 11.8 Å². The van der Waals surface area contributed by atoms with Crippen molar-refractivity contribution >= 4 is 15.9 Å². The molecule has 0 aromatic heterocycles. The maximum absolute atomic E-state index is 13.9. The molecule has 2 fully saturated rings. The number of amides is 1. The van der Waals surface area contributed by atoms with Gasteiger partial charge in [-0.25, -0.2) is 17.2 Å². The lowest BCUT2D eigenvalue weighted by Crippen LogP contribution is -3.19. The van der Waals surface area contributed by atoms with Crippen molar-refractivity contribution in [2.75, 3.05) is 39.3 Å². The average Bonchev–Trinajstić information content (AvgIpc) is 3.15. The van der Waals surface area contributed by atoms with Gasteiger partial charge in [0.15, 0.2) is 10.9 Å². The molecule has 2 aliphatic rings. The van der Waals surface area contributed by atoms with Crippen LogP contribution in [0.2, 0.25) is 0 Å². The van der Waals surface area contributed by atoms with Crippen molar-refractivity contribution < 1.29 is 26.9 Å². The second-order valence-electron chi connectivity index (χ2n) is 6.87. The fraction of sp³-hybridized carbons (Fsp3) is 0.588. The molecule has 1 aromatic carbocycles. The average molecular weight is 388 g/mol. The standard InChI is InChI=1S/C17H23F2N3O3S/c1-13(17(23)21-7-2-3-8-21)20-9-11-22(12-10-20)26(24,25)16-14(18)5-4-6-15(16)19/h4-6,13H,2-3,7-12H2,1H3/p+1/t13-/m1/s1. The molecule has 26 heavy (non-hydrogen) atoms. The van der Waals surface area contributed by atoms with Crippen molar-refractivity contribution in [1.29, 1.82) is 0 Å². The number of hydrogen-bond acceptors (Lipinski definition) is 3. The number of hydrogen-bond donors (Lipinski definition) is 1. The van der Waals surface area contributed by atoms with Gasteiger partial charge >= 0.3 is 0 Å². The number of nitrogens with zero attached hydrogens (tertiary/aromatic N) is 2. The molecule has 0 spiro atoms. The Morgan fingerprint density at radius 3 is 2.15 bits per heavy atom. The van der Waals surface area contributed by atoms with Gasteiger partial charge in [0, 0.05) is 13.1 Å². The van der Waals surface area contributed by atoms with Gasteiger partial charge in [-0.3, -0.25) is 4.79 Å². The van der Waals surface area contributed by atoms with E-state index in [0.717, 1.165) is 53.3 Å². The molecule has 1 N–H and O–H groups in total. The maximum atomic E-state index is 13.9. The minimum Gasteiger partial charge on any atom is -0.338 e. The van der Waals surface area contributed by atoms with Gasteiger partial charge in [-0.1, -0.05) is 6.07 Å². The number of piperazine rings is 1. The first-order chi connectivity index (χ1) is 12.3. The summed E-state index contributed by atoms with van der Waals surface area (Å²) in [5.74, 6) is -2.08. The van der Waals surface area contributed by atoms with Gasteiger partial charge in [0.25, 0.3) is 5.91 Å². The first kappa shape index (κ1) is 19.2.